The van der Waals surface area contributed by atoms with Crippen LogP contribution in [0.4, 0.5) is 18.9 Å². The van der Waals surface area contributed by atoms with Crippen LogP contribution < -0.4 is 22.5 Å². The topological polar surface area (TPSA) is 90.1 Å². The van der Waals surface area contributed by atoms with Crippen LogP contribution in [0, 0.1) is 0 Å². The van der Waals surface area contributed by atoms with E-state index in [0.29, 0.717) is 0 Å². The number of benzene rings is 2. The van der Waals surface area contributed by atoms with Gasteiger partial charge in [0.05, 0.1) is 5.56 Å². The fourth-order valence-corrected chi connectivity index (χ4v) is 2.51. The van der Waals surface area contributed by atoms with Gasteiger partial charge in [0.15, 0.2) is 0 Å². The molecule has 32 heavy (non-hydrogen) atoms. The first-order valence-electron chi connectivity index (χ1n) is 10.9. The number of alkyl halides is 3. The summed E-state index contributed by atoms with van der Waals surface area (Å²) in [6.45, 7) is 11.1. The second kappa shape index (κ2) is 18.1. The second-order valence-electron chi connectivity index (χ2n) is 6.58. The third-order valence-corrected chi connectivity index (χ3v) is 4.25. The summed E-state index contributed by atoms with van der Waals surface area (Å²) < 4.78 is 36.5. The Labute approximate surface area is 192 Å². The third-order valence-electron chi connectivity index (χ3n) is 4.25. The lowest BCUT2D eigenvalue weighted by atomic mass is 10.0. The lowest BCUT2D eigenvalue weighted by Gasteiger charge is -2.12. The molecule has 0 unspecified atom stereocenters. The molecular formula is C25H41F3N4. The van der Waals surface area contributed by atoms with Crippen LogP contribution in [0.5, 0.6) is 0 Å². The molecule has 0 saturated carbocycles. The van der Waals surface area contributed by atoms with Gasteiger partial charge in [-0.05, 0) is 57.0 Å². The first kappa shape index (κ1) is 31.7. The van der Waals surface area contributed by atoms with Crippen molar-refractivity contribution in [2.24, 2.45) is 17.2 Å². The van der Waals surface area contributed by atoms with E-state index >= 15 is 0 Å². The normalized spacial score (nSPS) is 10.8. The van der Waals surface area contributed by atoms with Crippen molar-refractivity contribution in [3.63, 3.8) is 0 Å². The lowest BCUT2D eigenvalue weighted by Crippen LogP contribution is -2.11. The van der Waals surface area contributed by atoms with Gasteiger partial charge >= 0.3 is 6.18 Å². The van der Waals surface area contributed by atoms with Crippen molar-refractivity contribution in [1.29, 1.82) is 0 Å². The summed E-state index contributed by atoms with van der Waals surface area (Å²) in [7, 11) is 1.50. The Hall–Kier alpha value is -2.51. The predicted molar refractivity (Wildman–Crippen MR) is 132 cm³/mol. The van der Waals surface area contributed by atoms with Crippen LogP contribution in [0.1, 0.15) is 57.7 Å². The van der Waals surface area contributed by atoms with E-state index in [1.165, 1.54) is 42.1 Å². The van der Waals surface area contributed by atoms with Crippen molar-refractivity contribution < 1.29 is 13.2 Å². The molecule has 2 aromatic rings. The van der Waals surface area contributed by atoms with E-state index in [9.17, 15) is 13.2 Å². The molecule has 0 bridgehead atoms. The molecule has 7 heteroatoms. The summed E-state index contributed by atoms with van der Waals surface area (Å²) in [5, 5.41) is 3.44. The Morgan fingerprint density at radius 3 is 1.84 bits per heavy atom. The minimum Gasteiger partial charge on any atom is -0.402 e. The summed E-state index contributed by atoms with van der Waals surface area (Å²) >= 11 is 0. The fourth-order valence-electron chi connectivity index (χ4n) is 2.51. The Bertz CT molecular complexity index is 768. The maximum Gasteiger partial charge on any atom is 0.416 e. The molecule has 0 saturated heterocycles. The van der Waals surface area contributed by atoms with E-state index in [1.54, 1.807) is 0 Å². The SMILES string of the molecule is CC.CCCNc1ccccc1C/C(C)=C(/C)N.CN.NCc1ccccc1C(F)(F)F. The van der Waals surface area contributed by atoms with Crippen molar-refractivity contribution >= 4 is 5.69 Å². The molecule has 2 aromatic carbocycles. The summed E-state index contributed by atoms with van der Waals surface area (Å²) in [6, 6.07) is 13.7. The first-order valence-corrected chi connectivity index (χ1v) is 10.9. The molecule has 0 heterocycles. The lowest BCUT2D eigenvalue weighted by molar-refractivity contribution is -0.138. The average molecular weight is 455 g/mol. The molecule has 0 aliphatic carbocycles. The van der Waals surface area contributed by atoms with Crippen LogP contribution >= 0.6 is 0 Å². The largest absolute Gasteiger partial charge is 0.416 e. The number of anilines is 1. The Kier molecular flexibility index (Phi) is 17.9. The van der Waals surface area contributed by atoms with Gasteiger partial charge in [0.2, 0.25) is 0 Å². The summed E-state index contributed by atoms with van der Waals surface area (Å²) in [5.41, 5.74) is 19.6. The van der Waals surface area contributed by atoms with Crippen LogP contribution in [-0.2, 0) is 19.1 Å². The maximum atomic E-state index is 12.2. The molecule has 7 N–H and O–H groups in total. The average Bonchev–Trinajstić information content (AvgIpc) is 2.81. The first-order chi connectivity index (χ1) is 15.2. The number of allylic oxidation sites excluding steroid dienone is 2. The molecule has 0 aliphatic rings. The van der Waals surface area contributed by atoms with Gasteiger partial charge in [-0.15, -0.1) is 0 Å². The highest BCUT2D eigenvalue weighted by molar-refractivity contribution is 5.52. The molecule has 0 radical (unpaired) electrons. The van der Waals surface area contributed by atoms with Gasteiger partial charge in [-0.3, -0.25) is 0 Å². The number of nitrogens with two attached hydrogens (primary N) is 3. The molecule has 182 valence electrons. The van der Waals surface area contributed by atoms with Crippen LogP contribution in [0.25, 0.3) is 0 Å². The van der Waals surface area contributed by atoms with Gasteiger partial charge in [0, 0.05) is 24.5 Å². The predicted octanol–water partition coefficient (Wildman–Crippen LogP) is 6.07. The molecule has 4 nitrogen and oxygen atoms in total. The zero-order valence-electron chi connectivity index (χ0n) is 20.3. The smallest absolute Gasteiger partial charge is 0.402 e. The standard InChI is InChI=1S/C14H22N2.C8H8F3N.C2H6.CH5N/c1-4-9-16-14-8-6-5-7-13(14)10-11(2)12(3)15;9-8(10,11)7-4-2-1-3-6(7)5-12;2*1-2/h5-8,16H,4,9-10,15H2,1-3H3;1-4H,5,12H2;1-2H3;2H2,1H3/b12-11-;;;. The van der Waals surface area contributed by atoms with Gasteiger partial charge < -0.3 is 22.5 Å². The molecule has 0 fully saturated rings. The Morgan fingerprint density at radius 2 is 1.41 bits per heavy atom. The van der Waals surface area contributed by atoms with Crippen molar-refractivity contribution in [1.82, 2.24) is 0 Å². The van der Waals surface area contributed by atoms with E-state index in [4.69, 9.17) is 11.5 Å². The highest BCUT2D eigenvalue weighted by Gasteiger charge is 2.32. The zero-order valence-corrected chi connectivity index (χ0v) is 20.3. The second-order valence-corrected chi connectivity index (χ2v) is 6.58. The fraction of sp³-hybridized carbons (Fsp3) is 0.440. The monoisotopic (exact) mass is 454 g/mol. The van der Waals surface area contributed by atoms with Gasteiger partial charge in [-0.1, -0.05) is 62.7 Å². The molecule has 0 atom stereocenters. The van der Waals surface area contributed by atoms with E-state index in [1.807, 2.05) is 20.8 Å². The minimum atomic E-state index is -4.30. The van der Waals surface area contributed by atoms with Crippen molar-refractivity contribution in [3.05, 3.63) is 76.5 Å². The third kappa shape index (κ3) is 12.4. The molecule has 0 spiro atoms. The van der Waals surface area contributed by atoms with Crippen LogP contribution in [0.15, 0.2) is 59.8 Å². The van der Waals surface area contributed by atoms with Crippen LogP contribution in [0.2, 0.25) is 0 Å². The molecular weight excluding hydrogens is 413 g/mol. The van der Waals surface area contributed by atoms with Crippen molar-refractivity contribution in [2.45, 2.75) is 60.2 Å². The number of rotatable bonds is 6. The highest BCUT2D eigenvalue weighted by atomic mass is 19.4. The number of hydrogen-bond acceptors (Lipinski definition) is 4. The van der Waals surface area contributed by atoms with Crippen molar-refractivity contribution in [3.8, 4) is 0 Å². The van der Waals surface area contributed by atoms with E-state index in [2.05, 4.69) is 49.2 Å². The van der Waals surface area contributed by atoms with E-state index in [-0.39, 0.29) is 12.1 Å². The zero-order chi connectivity index (χ0) is 25.2. The van der Waals surface area contributed by atoms with Gasteiger partial charge in [-0.25, -0.2) is 0 Å². The molecule has 0 aromatic heterocycles. The quantitative estimate of drug-likeness (QED) is 0.426. The number of hydrogen-bond donors (Lipinski definition) is 4. The molecule has 0 amide bonds. The van der Waals surface area contributed by atoms with Crippen LogP contribution in [0.3, 0.4) is 0 Å². The summed E-state index contributed by atoms with van der Waals surface area (Å²) in [4.78, 5) is 0. The number of para-hydroxylation sites is 1. The van der Waals surface area contributed by atoms with Gasteiger partial charge in [-0.2, -0.15) is 13.2 Å². The van der Waals surface area contributed by atoms with Gasteiger partial charge in [0.1, 0.15) is 0 Å². The number of halogens is 3. The Morgan fingerprint density at radius 1 is 0.906 bits per heavy atom. The minimum absolute atomic E-state index is 0.0876. The molecule has 0 aliphatic heterocycles. The van der Waals surface area contributed by atoms with Crippen LogP contribution in [-0.4, -0.2) is 13.6 Å². The van der Waals surface area contributed by atoms with E-state index in [0.717, 1.165) is 31.1 Å². The summed E-state index contributed by atoms with van der Waals surface area (Å²) in [5.74, 6) is 0. The number of nitrogens with one attached hydrogen (secondary N) is 1. The van der Waals surface area contributed by atoms with E-state index < -0.39 is 11.7 Å². The Balaban J connectivity index is 0. The highest BCUT2D eigenvalue weighted by Crippen LogP contribution is 2.31. The van der Waals surface area contributed by atoms with Crippen molar-refractivity contribution in [2.75, 3.05) is 18.9 Å². The van der Waals surface area contributed by atoms with Gasteiger partial charge in [0.25, 0.3) is 0 Å². The summed E-state index contributed by atoms with van der Waals surface area (Å²) in [6.07, 6.45) is -2.23. The maximum absolute atomic E-state index is 12.2. The molecule has 2 rings (SSSR count).